The van der Waals surface area contributed by atoms with Crippen LogP contribution < -0.4 is 10.6 Å². The Kier molecular flexibility index (Phi) is 5.57. The molecular formula is C23H22N2O3. The molecule has 0 radical (unpaired) electrons. The Morgan fingerprint density at radius 3 is 1.36 bits per heavy atom. The molecule has 0 aliphatic heterocycles. The number of benzene rings is 3. The van der Waals surface area contributed by atoms with Crippen LogP contribution in [-0.4, -0.2) is 16.9 Å². The molecule has 0 bridgehead atoms. The summed E-state index contributed by atoms with van der Waals surface area (Å²) in [5.41, 5.74) is 1.99. The molecule has 3 aromatic rings. The molecule has 3 rings (SSSR count). The largest absolute Gasteiger partial charge is 0.376 e. The molecule has 0 aromatic heterocycles. The first kappa shape index (κ1) is 19.3. The summed E-state index contributed by atoms with van der Waals surface area (Å²) >= 11 is 0. The Morgan fingerprint density at radius 2 is 1.00 bits per heavy atom. The lowest BCUT2D eigenvalue weighted by molar-refractivity contribution is -0.115. The third-order valence-electron chi connectivity index (χ3n) is 4.44. The highest BCUT2D eigenvalue weighted by molar-refractivity contribution is 5.89. The van der Waals surface area contributed by atoms with Crippen LogP contribution >= 0.6 is 0 Å². The maximum Gasteiger partial charge on any atom is 0.221 e. The monoisotopic (exact) mass is 374 g/mol. The Hall–Kier alpha value is -3.44. The molecule has 5 heteroatoms. The van der Waals surface area contributed by atoms with E-state index in [4.69, 9.17) is 0 Å². The van der Waals surface area contributed by atoms with Gasteiger partial charge in [0.2, 0.25) is 11.8 Å². The molecule has 0 atom stereocenters. The fraction of sp³-hybridized carbons (Fsp3) is 0.130. The molecule has 3 N–H and O–H groups in total. The van der Waals surface area contributed by atoms with Gasteiger partial charge in [0.25, 0.3) is 0 Å². The van der Waals surface area contributed by atoms with Crippen molar-refractivity contribution >= 4 is 23.2 Å². The van der Waals surface area contributed by atoms with Gasteiger partial charge in [0.05, 0.1) is 0 Å². The predicted octanol–water partition coefficient (Wildman–Crippen LogP) is 3.89. The van der Waals surface area contributed by atoms with Crippen LogP contribution in [0.4, 0.5) is 11.4 Å². The summed E-state index contributed by atoms with van der Waals surface area (Å²) in [6.07, 6.45) is 0. The summed E-state index contributed by atoms with van der Waals surface area (Å²) in [4.78, 5) is 22.5. The molecule has 142 valence electrons. The number of rotatable bonds is 5. The van der Waals surface area contributed by atoms with Gasteiger partial charge in [0, 0.05) is 25.2 Å². The lowest BCUT2D eigenvalue weighted by Gasteiger charge is -2.30. The van der Waals surface area contributed by atoms with Gasteiger partial charge in [-0.05, 0) is 41.0 Å². The van der Waals surface area contributed by atoms with Crippen molar-refractivity contribution in [3.63, 3.8) is 0 Å². The van der Waals surface area contributed by atoms with Crippen molar-refractivity contribution in [3.05, 3.63) is 95.6 Å². The van der Waals surface area contributed by atoms with Crippen molar-refractivity contribution in [2.24, 2.45) is 0 Å². The molecule has 0 fully saturated rings. The highest BCUT2D eigenvalue weighted by Crippen LogP contribution is 2.37. The zero-order chi connectivity index (χ0) is 20.1. The van der Waals surface area contributed by atoms with Crippen molar-refractivity contribution in [2.45, 2.75) is 19.4 Å². The van der Waals surface area contributed by atoms with E-state index in [9.17, 15) is 14.7 Å². The minimum absolute atomic E-state index is 0.153. The van der Waals surface area contributed by atoms with Crippen LogP contribution in [0.25, 0.3) is 0 Å². The van der Waals surface area contributed by atoms with Crippen molar-refractivity contribution < 1.29 is 14.7 Å². The fourth-order valence-electron chi connectivity index (χ4n) is 3.18. The number of hydrogen-bond acceptors (Lipinski definition) is 3. The van der Waals surface area contributed by atoms with Crippen LogP contribution in [0.3, 0.4) is 0 Å². The molecule has 5 nitrogen and oxygen atoms in total. The predicted molar refractivity (Wildman–Crippen MR) is 110 cm³/mol. The van der Waals surface area contributed by atoms with Crippen LogP contribution in [0.15, 0.2) is 78.9 Å². The van der Waals surface area contributed by atoms with Gasteiger partial charge in [-0.1, -0.05) is 54.6 Å². The third-order valence-corrected chi connectivity index (χ3v) is 4.44. The van der Waals surface area contributed by atoms with Crippen LogP contribution in [0.2, 0.25) is 0 Å². The standard InChI is InChI=1S/C23H22N2O3/c1-16(26)24-21-12-8-19(9-13-21)23(28,18-6-4-3-5-7-18)20-10-14-22(15-11-20)25-17(2)27/h3-15,28H,1-2H3,(H,24,26)(H,25,27). The highest BCUT2D eigenvalue weighted by atomic mass is 16.3. The molecule has 2 amide bonds. The first-order chi connectivity index (χ1) is 13.4. The number of hydrogen-bond donors (Lipinski definition) is 3. The average Bonchev–Trinajstić information content (AvgIpc) is 2.68. The molecule has 0 unspecified atom stereocenters. The normalized spacial score (nSPS) is 11.0. The van der Waals surface area contributed by atoms with E-state index < -0.39 is 5.60 Å². The molecule has 0 saturated heterocycles. The Balaban J connectivity index is 2.06. The van der Waals surface area contributed by atoms with Crippen LogP contribution in [0.5, 0.6) is 0 Å². The van der Waals surface area contributed by atoms with Gasteiger partial charge in [-0.15, -0.1) is 0 Å². The van der Waals surface area contributed by atoms with E-state index in [1.807, 2.05) is 30.3 Å². The number of amides is 2. The maximum atomic E-state index is 11.8. The quantitative estimate of drug-likeness (QED) is 0.593. The molecule has 0 aliphatic rings. The number of nitrogens with one attached hydrogen (secondary N) is 2. The van der Waals surface area contributed by atoms with E-state index in [1.165, 1.54) is 13.8 Å². The number of aliphatic hydroxyl groups is 1. The molecule has 28 heavy (non-hydrogen) atoms. The zero-order valence-corrected chi connectivity index (χ0v) is 15.8. The van der Waals surface area contributed by atoms with Crippen LogP contribution in [0.1, 0.15) is 30.5 Å². The number of carbonyl (C=O) groups is 2. The first-order valence-corrected chi connectivity index (χ1v) is 8.94. The summed E-state index contributed by atoms with van der Waals surface area (Å²) in [5.74, 6) is -0.306. The lowest BCUT2D eigenvalue weighted by atomic mass is 9.80. The van der Waals surface area contributed by atoms with E-state index >= 15 is 0 Å². The molecule has 3 aromatic carbocycles. The van der Waals surface area contributed by atoms with Crippen molar-refractivity contribution in [2.75, 3.05) is 10.6 Å². The van der Waals surface area contributed by atoms with Gasteiger partial charge in [-0.25, -0.2) is 0 Å². The van der Waals surface area contributed by atoms with E-state index in [1.54, 1.807) is 48.5 Å². The van der Waals surface area contributed by atoms with Crippen molar-refractivity contribution in [1.29, 1.82) is 0 Å². The highest BCUT2D eigenvalue weighted by Gasteiger charge is 2.33. The van der Waals surface area contributed by atoms with E-state index in [0.29, 0.717) is 22.5 Å². The van der Waals surface area contributed by atoms with E-state index in [0.717, 1.165) is 5.56 Å². The van der Waals surface area contributed by atoms with Crippen molar-refractivity contribution in [3.8, 4) is 0 Å². The van der Waals surface area contributed by atoms with Crippen LogP contribution in [0, 0.1) is 0 Å². The second kappa shape index (κ2) is 8.06. The Morgan fingerprint density at radius 1 is 0.643 bits per heavy atom. The Labute approximate surface area is 164 Å². The van der Waals surface area contributed by atoms with Gasteiger partial charge in [0.1, 0.15) is 5.60 Å². The summed E-state index contributed by atoms with van der Waals surface area (Å²) < 4.78 is 0. The van der Waals surface area contributed by atoms with Crippen LogP contribution in [-0.2, 0) is 15.2 Å². The van der Waals surface area contributed by atoms with Gasteiger partial charge in [-0.3, -0.25) is 9.59 Å². The van der Waals surface area contributed by atoms with E-state index in [2.05, 4.69) is 10.6 Å². The summed E-state index contributed by atoms with van der Waals surface area (Å²) in [5, 5.41) is 17.3. The van der Waals surface area contributed by atoms with Gasteiger partial charge in [0.15, 0.2) is 0 Å². The molecule has 0 heterocycles. The molecule has 0 saturated carbocycles. The second-order valence-electron chi connectivity index (χ2n) is 6.59. The minimum Gasteiger partial charge on any atom is -0.376 e. The minimum atomic E-state index is -1.38. The van der Waals surface area contributed by atoms with Gasteiger partial charge >= 0.3 is 0 Å². The molecular weight excluding hydrogens is 352 g/mol. The topological polar surface area (TPSA) is 78.4 Å². The summed E-state index contributed by atoms with van der Waals surface area (Å²) in [6.45, 7) is 2.90. The zero-order valence-electron chi connectivity index (χ0n) is 15.8. The number of anilines is 2. The second-order valence-corrected chi connectivity index (χ2v) is 6.59. The fourth-order valence-corrected chi connectivity index (χ4v) is 3.18. The molecule has 0 aliphatic carbocycles. The van der Waals surface area contributed by atoms with Crippen molar-refractivity contribution in [1.82, 2.24) is 0 Å². The SMILES string of the molecule is CC(=O)Nc1ccc(C(O)(c2ccccc2)c2ccc(NC(C)=O)cc2)cc1. The van der Waals surface area contributed by atoms with E-state index in [-0.39, 0.29) is 11.8 Å². The molecule has 0 spiro atoms. The van der Waals surface area contributed by atoms with Gasteiger partial charge < -0.3 is 15.7 Å². The van der Waals surface area contributed by atoms with Gasteiger partial charge in [-0.2, -0.15) is 0 Å². The summed E-state index contributed by atoms with van der Waals surface area (Å²) in [6, 6.07) is 23.6. The first-order valence-electron chi connectivity index (χ1n) is 8.94. The Bertz CT molecular complexity index is 905. The lowest BCUT2D eigenvalue weighted by Crippen LogP contribution is -2.28. The third kappa shape index (κ3) is 4.10. The number of carbonyl (C=O) groups excluding carboxylic acids is 2. The maximum absolute atomic E-state index is 11.8. The summed E-state index contributed by atoms with van der Waals surface area (Å²) in [7, 11) is 0. The smallest absolute Gasteiger partial charge is 0.221 e. The average molecular weight is 374 g/mol.